The average Bonchev–Trinajstić information content (AvgIpc) is 2.26. The molecule has 0 amide bonds. The maximum absolute atomic E-state index is 10.6. The van der Waals surface area contributed by atoms with Gasteiger partial charge in [0.2, 0.25) is 0 Å². The Morgan fingerprint density at radius 1 is 1.62 bits per heavy atom. The number of halogens is 1. The van der Waals surface area contributed by atoms with Gasteiger partial charge in [0, 0.05) is 16.5 Å². The minimum absolute atomic E-state index is 0.136. The monoisotopic (exact) mass is 237 g/mol. The molecule has 0 saturated heterocycles. The Morgan fingerprint density at radius 3 is 2.94 bits per heavy atom. The molecule has 0 saturated carbocycles. The molecule has 0 aromatic heterocycles. The van der Waals surface area contributed by atoms with Crippen molar-refractivity contribution < 1.29 is 9.90 Å². The lowest BCUT2D eigenvalue weighted by molar-refractivity contribution is 0.0697. The number of hydrogen-bond donors (Lipinski definition) is 1. The average molecular weight is 238 g/mol. The molecule has 1 aromatic rings. The predicted molar refractivity (Wildman–Crippen MR) is 61.5 cm³/mol. The van der Waals surface area contributed by atoms with Crippen LogP contribution in [0.2, 0.25) is 5.02 Å². The minimum atomic E-state index is -1.02. The molecular weight excluding hydrogens is 230 g/mol. The van der Waals surface area contributed by atoms with E-state index in [-0.39, 0.29) is 12.1 Å². The van der Waals surface area contributed by atoms with Crippen LogP contribution >= 0.6 is 11.6 Å². The number of nitrogens with zero attached hydrogens (tertiary/aromatic N) is 3. The van der Waals surface area contributed by atoms with Crippen LogP contribution < -0.4 is 0 Å². The van der Waals surface area contributed by atoms with Gasteiger partial charge in [0.15, 0.2) is 0 Å². The highest BCUT2D eigenvalue weighted by Crippen LogP contribution is 2.19. The molecule has 1 N–H and O–H groups in total. The van der Waals surface area contributed by atoms with Crippen molar-refractivity contribution in [3.05, 3.63) is 50.9 Å². The number of carboxylic acid groups (broad SMARTS) is 1. The Kier molecular flexibility index (Phi) is 4.39. The van der Waals surface area contributed by atoms with Crippen LogP contribution in [0.15, 0.2) is 29.4 Å². The van der Waals surface area contributed by atoms with Crippen LogP contribution in [-0.4, -0.2) is 17.6 Å². The van der Waals surface area contributed by atoms with E-state index < -0.39 is 5.97 Å². The largest absolute Gasteiger partial charge is 0.478 e. The lowest BCUT2D eigenvalue weighted by Crippen LogP contribution is -1.95. The second kappa shape index (κ2) is 5.80. The molecule has 1 rings (SSSR count). The molecule has 0 atom stereocenters. The van der Waals surface area contributed by atoms with Gasteiger partial charge in [-0.2, -0.15) is 0 Å². The quantitative estimate of drug-likeness (QED) is 0.494. The number of carboxylic acids is 1. The first kappa shape index (κ1) is 12.1. The molecule has 82 valence electrons. The van der Waals surface area contributed by atoms with E-state index in [0.29, 0.717) is 10.6 Å². The Morgan fingerprint density at radius 2 is 2.38 bits per heavy atom. The van der Waals surface area contributed by atoms with E-state index in [1.54, 1.807) is 18.2 Å². The van der Waals surface area contributed by atoms with Crippen molar-refractivity contribution in [2.45, 2.75) is 0 Å². The molecule has 0 aliphatic rings. The summed E-state index contributed by atoms with van der Waals surface area (Å²) in [6, 6.07) is 4.43. The third-order valence-corrected chi connectivity index (χ3v) is 2.12. The molecule has 0 aliphatic carbocycles. The van der Waals surface area contributed by atoms with Gasteiger partial charge >= 0.3 is 5.97 Å². The normalized spacial score (nSPS) is 10.1. The Hall–Kier alpha value is -1.97. The summed E-state index contributed by atoms with van der Waals surface area (Å²) < 4.78 is 0. The van der Waals surface area contributed by atoms with Crippen molar-refractivity contribution in [3.63, 3.8) is 0 Å². The summed E-state index contributed by atoms with van der Waals surface area (Å²) in [5.74, 6) is -1.02. The third-order valence-electron chi connectivity index (χ3n) is 1.80. The minimum Gasteiger partial charge on any atom is -0.478 e. The fraction of sp³-hybridized carbons (Fsp3) is 0.100. The molecule has 0 spiro atoms. The molecule has 0 radical (unpaired) electrons. The first-order valence-electron chi connectivity index (χ1n) is 4.35. The van der Waals surface area contributed by atoms with Gasteiger partial charge in [-0.15, -0.1) is 0 Å². The van der Waals surface area contributed by atoms with E-state index in [1.165, 1.54) is 12.1 Å². The highest BCUT2D eigenvalue weighted by molar-refractivity contribution is 6.32. The topological polar surface area (TPSA) is 86.1 Å². The first-order valence-corrected chi connectivity index (χ1v) is 4.73. The van der Waals surface area contributed by atoms with Crippen LogP contribution in [0.3, 0.4) is 0 Å². The summed E-state index contributed by atoms with van der Waals surface area (Å²) in [6.07, 6.45) is 3.31. The van der Waals surface area contributed by atoms with Crippen molar-refractivity contribution in [1.82, 2.24) is 0 Å². The highest BCUT2D eigenvalue weighted by atomic mass is 35.5. The third kappa shape index (κ3) is 3.31. The predicted octanol–water partition coefficient (Wildman–Crippen LogP) is 3.36. The molecule has 6 heteroatoms. The molecule has 5 nitrogen and oxygen atoms in total. The summed E-state index contributed by atoms with van der Waals surface area (Å²) in [7, 11) is 0. The van der Waals surface area contributed by atoms with Crippen LogP contribution in [-0.2, 0) is 0 Å². The molecule has 0 aliphatic heterocycles. The van der Waals surface area contributed by atoms with Crippen molar-refractivity contribution >= 4 is 23.6 Å². The zero-order valence-corrected chi connectivity index (χ0v) is 8.92. The summed E-state index contributed by atoms with van der Waals surface area (Å²) in [5.41, 5.74) is 8.87. The Bertz CT molecular complexity index is 479. The molecule has 1 aromatic carbocycles. The van der Waals surface area contributed by atoms with E-state index in [4.69, 9.17) is 22.2 Å². The standard InChI is InChI=1S/C10H8ClN3O2/c11-9-6-8(10(15)16)4-3-7(9)2-1-5-13-14-12/h1-4,6H,5H2,(H,15,16). The van der Waals surface area contributed by atoms with Crippen molar-refractivity contribution in [3.8, 4) is 0 Å². The summed E-state index contributed by atoms with van der Waals surface area (Å²) >= 11 is 5.87. The van der Waals surface area contributed by atoms with Crippen LogP contribution in [0.4, 0.5) is 0 Å². The molecule has 0 fully saturated rings. The number of hydrogen-bond acceptors (Lipinski definition) is 2. The second-order valence-corrected chi connectivity index (χ2v) is 3.26. The molecule has 0 heterocycles. The van der Waals surface area contributed by atoms with Gasteiger partial charge in [-0.3, -0.25) is 0 Å². The molecule has 16 heavy (non-hydrogen) atoms. The number of benzene rings is 1. The number of aromatic carboxylic acids is 1. The summed E-state index contributed by atoms with van der Waals surface area (Å²) in [6.45, 7) is 0.230. The smallest absolute Gasteiger partial charge is 0.335 e. The van der Waals surface area contributed by atoms with Gasteiger partial charge in [-0.05, 0) is 23.2 Å². The SMILES string of the molecule is [N-]=[N+]=NCC=Cc1ccc(C(=O)O)cc1Cl. The van der Waals surface area contributed by atoms with Crippen LogP contribution in [0, 0.1) is 0 Å². The summed E-state index contributed by atoms with van der Waals surface area (Å²) in [5, 5.41) is 12.4. The molecule has 0 unspecified atom stereocenters. The van der Waals surface area contributed by atoms with Gasteiger partial charge in [-0.25, -0.2) is 4.79 Å². The van der Waals surface area contributed by atoms with Gasteiger partial charge in [0.25, 0.3) is 0 Å². The van der Waals surface area contributed by atoms with E-state index in [0.717, 1.165) is 0 Å². The van der Waals surface area contributed by atoms with E-state index in [9.17, 15) is 4.79 Å². The first-order chi connectivity index (χ1) is 7.65. The number of carbonyl (C=O) groups is 1. The van der Waals surface area contributed by atoms with Crippen molar-refractivity contribution in [1.29, 1.82) is 0 Å². The zero-order chi connectivity index (χ0) is 12.0. The van der Waals surface area contributed by atoms with Gasteiger partial charge < -0.3 is 5.11 Å². The Labute approximate surface area is 96.6 Å². The summed E-state index contributed by atoms with van der Waals surface area (Å²) in [4.78, 5) is 13.2. The highest BCUT2D eigenvalue weighted by Gasteiger charge is 2.04. The molecule has 0 bridgehead atoms. The maximum Gasteiger partial charge on any atom is 0.335 e. The second-order valence-electron chi connectivity index (χ2n) is 2.86. The van der Waals surface area contributed by atoms with E-state index in [1.807, 2.05) is 0 Å². The number of azide groups is 1. The number of rotatable bonds is 4. The lowest BCUT2D eigenvalue weighted by atomic mass is 10.1. The van der Waals surface area contributed by atoms with Crippen LogP contribution in [0.1, 0.15) is 15.9 Å². The van der Waals surface area contributed by atoms with Crippen LogP contribution in [0.5, 0.6) is 0 Å². The van der Waals surface area contributed by atoms with E-state index >= 15 is 0 Å². The maximum atomic E-state index is 10.6. The lowest BCUT2D eigenvalue weighted by Gasteiger charge is -1.99. The van der Waals surface area contributed by atoms with Crippen molar-refractivity contribution in [2.75, 3.05) is 6.54 Å². The van der Waals surface area contributed by atoms with Gasteiger partial charge in [0.1, 0.15) is 0 Å². The fourth-order valence-electron chi connectivity index (χ4n) is 1.06. The Balaban J connectivity index is 2.86. The zero-order valence-electron chi connectivity index (χ0n) is 8.17. The van der Waals surface area contributed by atoms with Crippen molar-refractivity contribution in [2.24, 2.45) is 5.11 Å². The fourth-order valence-corrected chi connectivity index (χ4v) is 1.30. The molecular formula is C10H8ClN3O2. The van der Waals surface area contributed by atoms with E-state index in [2.05, 4.69) is 10.0 Å². The van der Waals surface area contributed by atoms with Gasteiger partial charge in [-0.1, -0.05) is 34.9 Å². The van der Waals surface area contributed by atoms with Gasteiger partial charge in [0.05, 0.1) is 5.56 Å². The van der Waals surface area contributed by atoms with Crippen LogP contribution in [0.25, 0.3) is 16.5 Å².